The number of benzene rings is 1. The van der Waals surface area contributed by atoms with Gasteiger partial charge in [0.25, 0.3) is 0 Å². The zero-order valence-electron chi connectivity index (χ0n) is 12.4. The number of hydrogen-bond donors (Lipinski definition) is 1. The Hall–Kier alpha value is -1.16. The summed E-state index contributed by atoms with van der Waals surface area (Å²) >= 11 is 3.43. The minimum atomic E-state index is -0.218. The van der Waals surface area contributed by atoms with E-state index in [0.29, 0.717) is 6.42 Å². The van der Waals surface area contributed by atoms with Crippen LogP contribution in [-0.4, -0.2) is 11.8 Å². The van der Waals surface area contributed by atoms with Crippen molar-refractivity contribution in [3.8, 4) is 0 Å². The SMILES string of the molecule is CC1(C)CCC2(CC(=O)NC(=O)C2c2ccc(Br)cc2)C1. The number of amides is 2. The Kier molecular flexibility index (Phi) is 3.47. The van der Waals surface area contributed by atoms with Gasteiger partial charge in [-0.3, -0.25) is 14.9 Å². The van der Waals surface area contributed by atoms with Crippen LogP contribution >= 0.6 is 15.9 Å². The number of carbonyl (C=O) groups excluding carboxylic acids is 2. The van der Waals surface area contributed by atoms with Gasteiger partial charge in [0.1, 0.15) is 0 Å². The molecule has 2 amide bonds. The second-order valence-corrected chi connectivity index (χ2v) is 8.19. The van der Waals surface area contributed by atoms with Crippen molar-refractivity contribution in [2.45, 2.75) is 45.4 Å². The zero-order valence-corrected chi connectivity index (χ0v) is 14.0. The van der Waals surface area contributed by atoms with Gasteiger partial charge >= 0.3 is 0 Å². The highest BCUT2D eigenvalue weighted by Crippen LogP contribution is 2.58. The number of carbonyl (C=O) groups is 2. The lowest BCUT2D eigenvalue weighted by atomic mass is 9.65. The molecule has 2 aliphatic rings. The Bertz CT molecular complexity index is 593. The van der Waals surface area contributed by atoms with E-state index in [1.807, 2.05) is 24.3 Å². The number of imide groups is 1. The normalized spacial score (nSPS) is 31.5. The molecule has 1 spiro atoms. The van der Waals surface area contributed by atoms with Crippen molar-refractivity contribution in [1.29, 1.82) is 0 Å². The van der Waals surface area contributed by atoms with Crippen LogP contribution < -0.4 is 5.32 Å². The predicted octanol–water partition coefficient (Wildman–Crippen LogP) is 3.78. The van der Waals surface area contributed by atoms with Crippen LogP contribution in [-0.2, 0) is 9.59 Å². The van der Waals surface area contributed by atoms with Gasteiger partial charge in [-0.05, 0) is 47.8 Å². The summed E-state index contributed by atoms with van der Waals surface area (Å²) in [5.41, 5.74) is 1.00. The van der Waals surface area contributed by atoms with Gasteiger partial charge in [-0.15, -0.1) is 0 Å². The quantitative estimate of drug-likeness (QED) is 0.784. The minimum Gasteiger partial charge on any atom is -0.296 e. The molecule has 1 saturated carbocycles. The summed E-state index contributed by atoms with van der Waals surface area (Å²) in [7, 11) is 0. The lowest BCUT2D eigenvalue weighted by Gasteiger charge is -2.41. The first-order chi connectivity index (χ1) is 9.81. The molecule has 112 valence electrons. The average Bonchev–Trinajstić information content (AvgIpc) is 2.66. The molecule has 0 aromatic heterocycles. The maximum Gasteiger partial charge on any atom is 0.234 e. The van der Waals surface area contributed by atoms with Gasteiger partial charge in [-0.2, -0.15) is 0 Å². The highest BCUT2D eigenvalue weighted by atomic mass is 79.9. The second-order valence-electron chi connectivity index (χ2n) is 7.28. The molecule has 0 bridgehead atoms. The van der Waals surface area contributed by atoms with E-state index in [9.17, 15) is 9.59 Å². The number of rotatable bonds is 1. The Morgan fingerprint density at radius 3 is 2.38 bits per heavy atom. The predicted molar refractivity (Wildman–Crippen MR) is 84.7 cm³/mol. The van der Waals surface area contributed by atoms with E-state index in [4.69, 9.17) is 0 Å². The lowest BCUT2D eigenvalue weighted by Crippen LogP contribution is -2.50. The largest absolute Gasteiger partial charge is 0.296 e. The topological polar surface area (TPSA) is 46.2 Å². The molecule has 2 atom stereocenters. The fourth-order valence-electron chi connectivity index (χ4n) is 4.23. The molecule has 4 heteroatoms. The molecular formula is C17H20BrNO2. The number of halogens is 1. The highest BCUT2D eigenvalue weighted by molar-refractivity contribution is 9.10. The summed E-state index contributed by atoms with van der Waals surface area (Å²) in [6.07, 6.45) is 3.41. The summed E-state index contributed by atoms with van der Waals surface area (Å²) in [5, 5.41) is 2.53. The Labute approximate surface area is 133 Å². The summed E-state index contributed by atoms with van der Waals surface area (Å²) in [6, 6.07) is 7.92. The zero-order chi connectivity index (χ0) is 15.3. The monoisotopic (exact) mass is 349 g/mol. The van der Waals surface area contributed by atoms with Crippen molar-refractivity contribution >= 4 is 27.7 Å². The minimum absolute atomic E-state index is 0.119. The van der Waals surface area contributed by atoms with Crippen LogP contribution in [0.5, 0.6) is 0 Å². The van der Waals surface area contributed by atoms with Crippen LogP contribution in [0.1, 0.15) is 51.0 Å². The summed E-state index contributed by atoms with van der Waals surface area (Å²) in [6.45, 7) is 4.47. The molecule has 2 unspecified atom stereocenters. The fraction of sp³-hybridized carbons (Fsp3) is 0.529. The van der Waals surface area contributed by atoms with Gasteiger partial charge in [0, 0.05) is 10.9 Å². The van der Waals surface area contributed by atoms with Crippen LogP contribution in [0.2, 0.25) is 0 Å². The third-order valence-electron chi connectivity index (χ3n) is 4.98. The molecule has 3 nitrogen and oxygen atoms in total. The number of hydrogen-bond acceptors (Lipinski definition) is 2. The van der Waals surface area contributed by atoms with E-state index < -0.39 is 0 Å². The molecule has 1 heterocycles. The molecule has 1 aliphatic carbocycles. The Morgan fingerprint density at radius 2 is 1.81 bits per heavy atom. The number of nitrogens with one attached hydrogen (secondary N) is 1. The smallest absolute Gasteiger partial charge is 0.234 e. The molecule has 2 fully saturated rings. The molecule has 1 N–H and O–H groups in total. The van der Waals surface area contributed by atoms with Crippen LogP contribution in [0.15, 0.2) is 28.7 Å². The number of piperidine rings is 1. The Morgan fingerprint density at radius 1 is 1.14 bits per heavy atom. The summed E-state index contributed by atoms with van der Waals surface area (Å²) in [4.78, 5) is 24.5. The fourth-order valence-corrected chi connectivity index (χ4v) is 4.49. The van der Waals surface area contributed by atoms with Gasteiger partial charge in [0.05, 0.1) is 5.92 Å². The summed E-state index contributed by atoms with van der Waals surface area (Å²) < 4.78 is 0.999. The summed E-state index contributed by atoms with van der Waals surface area (Å²) in [5.74, 6) is -0.470. The third-order valence-corrected chi connectivity index (χ3v) is 5.51. The van der Waals surface area contributed by atoms with Gasteiger partial charge in [-0.25, -0.2) is 0 Å². The standard InChI is InChI=1S/C17H20BrNO2/c1-16(2)7-8-17(10-16)9-13(20)19-15(21)14(17)11-3-5-12(18)6-4-11/h3-6,14H,7-10H2,1-2H3,(H,19,20,21). The van der Waals surface area contributed by atoms with Crippen LogP contribution in [0, 0.1) is 10.8 Å². The van der Waals surface area contributed by atoms with Crippen molar-refractivity contribution in [2.24, 2.45) is 10.8 Å². The van der Waals surface area contributed by atoms with Crippen molar-refractivity contribution in [3.63, 3.8) is 0 Å². The third kappa shape index (κ3) is 2.66. The van der Waals surface area contributed by atoms with Gasteiger partial charge in [0.2, 0.25) is 11.8 Å². The van der Waals surface area contributed by atoms with Crippen LogP contribution in [0.4, 0.5) is 0 Å². The van der Waals surface area contributed by atoms with Crippen LogP contribution in [0.3, 0.4) is 0 Å². The molecule has 0 radical (unpaired) electrons. The van der Waals surface area contributed by atoms with Crippen LogP contribution in [0.25, 0.3) is 0 Å². The van der Waals surface area contributed by atoms with E-state index >= 15 is 0 Å². The van der Waals surface area contributed by atoms with Crippen molar-refractivity contribution in [3.05, 3.63) is 34.3 Å². The molecule has 3 rings (SSSR count). The van der Waals surface area contributed by atoms with Crippen molar-refractivity contribution in [2.75, 3.05) is 0 Å². The maximum atomic E-state index is 12.5. The first kappa shape index (κ1) is 14.8. The van der Waals surface area contributed by atoms with E-state index in [0.717, 1.165) is 29.3 Å². The van der Waals surface area contributed by atoms with E-state index in [1.54, 1.807) is 0 Å². The molecule has 1 aliphatic heterocycles. The van der Waals surface area contributed by atoms with E-state index in [1.165, 1.54) is 0 Å². The Balaban J connectivity index is 2.03. The van der Waals surface area contributed by atoms with Crippen molar-refractivity contribution < 1.29 is 9.59 Å². The molecule has 1 aromatic carbocycles. The van der Waals surface area contributed by atoms with E-state index in [-0.39, 0.29) is 28.6 Å². The molecular weight excluding hydrogens is 330 g/mol. The highest BCUT2D eigenvalue weighted by Gasteiger charge is 2.54. The second kappa shape index (κ2) is 4.94. The first-order valence-corrected chi connectivity index (χ1v) is 8.20. The van der Waals surface area contributed by atoms with E-state index in [2.05, 4.69) is 35.1 Å². The van der Waals surface area contributed by atoms with Gasteiger partial charge in [-0.1, -0.05) is 41.9 Å². The lowest BCUT2D eigenvalue weighted by molar-refractivity contribution is -0.140. The average molecular weight is 350 g/mol. The first-order valence-electron chi connectivity index (χ1n) is 7.41. The maximum absolute atomic E-state index is 12.5. The molecule has 21 heavy (non-hydrogen) atoms. The van der Waals surface area contributed by atoms with Gasteiger partial charge < -0.3 is 0 Å². The molecule has 1 aromatic rings. The van der Waals surface area contributed by atoms with Crippen molar-refractivity contribution in [1.82, 2.24) is 5.32 Å². The molecule has 1 saturated heterocycles. The van der Waals surface area contributed by atoms with Gasteiger partial charge in [0.15, 0.2) is 0 Å².